The third-order valence-electron chi connectivity index (χ3n) is 0. The van der Waals surface area contributed by atoms with Crippen molar-refractivity contribution in [1.82, 2.24) is 0 Å². The summed E-state index contributed by atoms with van der Waals surface area (Å²) in [5.74, 6) is 0. The van der Waals surface area contributed by atoms with E-state index in [1.807, 2.05) is 0 Å². The molecule has 0 aliphatic rings. The van der Waals surface area contributed by atoms with Gasteiger partial charge in [0.15, 0.2) is 0 Å². The molecule has 0 aliphatic heterocycles. The summed E-state index contributed by atoms with van der Waals surface area (Å²) in [4.78, 5) is 0. The normalized spacial score (nSPS) is 5.83. The zero-order chi connectivity index (χ0) is 3.58. The molecule has 0 rings (SSSR count). The molecule has 0 aliphatic carbocycles. The molecule has 4 N–H and O–H groups in total. The minimum Gasteiger partial charge on any atom is -1.00 e. The Hall–Kier alpha value is 2.11. The van der Waals surface area contributed by atoms with Gasteiger partial charge >= 0.3 is 81.8 Å². The van der Waals surface area contributed by atoms with Crippen LogP contribution in [0.3, 0.4) is 0 Å². The standard InChI is InChI=1S/K.H2O3Te.H2O.H/c;1-4(2)3;;/h;(H2,1,2,3);1H2;/q+1;;;-1. The minimum absolute atomic E-state index is 0. The Morgan fingerprint density at radius 1 is 1.50 bits per heavy atom. The summed E-state index contributed by atoms with van der Waals surface area (Å²) in [6.45, 7) is 0. The molecule has 0 saturated heterocycles. The van der Waals surface area contributed by atoms with Crippen molar-refractivity contribution in [3.8, 4) is 0 Å². The predicted octanol–water partition coefficient (Wildman–Crippen LogP) is -5.32. The summed E-state index contributed by atoms with van der Waals surface area (Å²) < 4.78 is 23.3. The van der Waals surface area contributed by atoms with Crippen molar-refractivity contribution < 1.29 is 68.3 Å². The van der Waals surface area contributed by atoms with Gasteiger partial charge in [0, 0.05) is 0 Å². The van der Waals surface area contributed by atoms with Gasteiger partial charge in [-0.3, -0.25) is 0 Å². The molecule has 0 bridgehead atoms. The zero-order valence-corrected chi connectivity index (χ0v) is 8.66. The van der Waals surface area contributed by atoms with Crippen molar-refractivity contribution >= 4 is 20.4 Å². The maximum Gasteiger partial charge on any atom is 1.00 e. The average molecular weight is 236 g/mol. The second kappa shape index (κ2) is 10.2. The predicted molar refractivity (Wildman–Crippen MR) is 15.6 cm³/mol. The van der Waals surface area contributed by atoms with Crippen molar-refractivity contribution in [2.45, 2.75) is 0 Å². The molecular formula is H5KO4Te. The molecule has 6 heavy (non-hydrogen) atoms. The van der Waals surface area contributed by atoms with E-state index < -0.39 is 20.4 Å². The van der Waals surface area contributed by atoms with Gasteiger partial charge in [-0.25, -0.2) is 0 Å². The summed E-state index contributed by atoms with van der Waals surface area (Å²) in [6, 6.07) is 0. The van der Waals surface area contributed by atoms with Crippen molar-refractivity contribution in [3.05, 3.63) is 0 Å². The first-order chi connectivity index (χ1) is 1.73. The molecule has 0 atom stereocenters. The van der Waals surface area contributed by atoms with Crippen LogP contribution in [-0.4, -0.2) is 32.8 Å². The molecule has 0 saturated carbocycles. The van der Waals surface area contributed by atoms with Gasteiger partial charge in [0.05, 0.1) is 0 Å². The number of rotatable bonds is 0. The van der Waals surface area contributed by atoms with Gasteiger partial charge < -0.3 is 6.90 Å². The van der Waals surface area contributed by atoms with E-state index in [4.69, 9.17) is 10.0 Å². The quantitative estimate of drug-likeness (QED) is 0.411. The van der Waals surface area contributed by atoms with Gasteiger partial charge in [-0.1, -0.05) is 0 Å². The van der Waals surface area contributed by atoms with Gasteiger partial charge in [0.25, 0.3) is 0 Å². The third-order valence-corrected chi connectivity index (χ3v) is 0. The molecule has 0 aromatic rings. The SMILES string of the molecule is O.O=[Te](O)O.[H-].[K+]. The number of hydrogen-bond acceptors (Lipinski definition) is 1. The Labute approximate surface area is 86.9 Å². The van der Waals surface area contributed by atoms with Crippen LogP contribution in [0.5, 0.6) is 0 Å². The number of hydrogen-bond donors (Lipinski definition) is 2. The zero-order valence-electron chi connectivity index (χ0n) is 4.21. The molecule has 36 valence electrons. The minimum atomic E-state index is -3.61. The molecule has 0 fully saturated rings. The first kappa shape index (κ1) is 15.7. The fourth-order valence-electron chi connectivity index (χ4n) is 0. The van der Waals surface area contributed by atoms with Crippen LogP contribution in [0, 0.1) is 0 Å². The van der Waals surface area contributed by atoms with E-state index in [1.165, 1.54) is 0 Å². The van der Waals surface area contributed by atoms with Crippen LogP contribution in [0.1, 0.15) is 1.43 Å². The van der Waals surface area contributed by atoms with E-state index in [-0.39, 0.29) is 58.3 Å². The van der Waals surface area contributed by atoms with E-state index >= 15 is 0 Å². The largest absolute Gasteiger partial charge is 1.00 e. The molecule has 0 unspecified atom stereocenters. The van der Waals surface area contributed by atoms with E-state index in [0.29, 0.717) is 0 Å². The van der Waals surface area contributed by atoms with Crippen LogP contribution in [0.4, 0.5) is 0 Å². The molecule has 0 heterocycles. The Kier molecular flexibility index (Phi) is 26.6. The van der Waals surface area contributed by atoms with Crippen LogP contribution in [0.2, 0.25) is 0 Å². The first-order valence-electron chi connectivity index (χ1n) is 0.532. The molecule has 0 aromatic carbocycles. The monoisotopic (exact) mass is 238 g/mol. The van der Waals surface area contributed by atoms with Crippen molar-refractivity contribution in [3.63, 3.8) is 0 Å². The summed E-state index contributed by atoms with van der Waals surface area (Å²) in [6.07, 6.45) is 0. The van der Waals surface area contributed by atoms with Crippen molar-refractivity contribution in [1.29, 1.82) is 0 Å². The second-order valence-corrected chi connectivity index (χ2v) is 1.55. The fraction of sp³-hybridized carbons (Fsp3) is 0. The summed E-state index contributed by atoms with van der Waals surface area (Å²) >= 11 is -3.61. The van der Waals surface area contributed by atoms with Gasteiger partial charge in [-0.2, -0.15) is 0 Å². The van der Waals surface area contributed by atoms with Gasteiger partial charge in [-0.15, -0.1) is 0 Å². The van der Waals surface area contributed by atoms with Crippen molar-refractivity contribution in [2.75, 3.05) is 0 Å². The van der Waals surface area contributed by atoms with Gasteiger partial charge in [0.1, 0.15) is 0 Å². The summed E-state index contributed by atoms with van der Waals surface area (Å²) in [5.41, 5.74) is 0. The van der Waals surface area contributed by atoms with Gasteiger partial charge in [0.2, 0.25) is 0 Å². The molecule has 4 nitrogen and oxygen atoms in total. The van der Waals surface area contributed by atoms with Gasteiger partial charge in [-0.05, 0) is 0 Å². The Balaban J connectivity index is -0.0000000150. The Morgan fingerprint density at radius 2 is 1.50 bits per heavy atom. The summed E-state index contributed by atoms with van der Waals surface area (Å²) in [7, 11) is 0. The van der Waals surface area contributed by atoms with Crippen LogP contribution in [0.25, 0.3) is 0 Å². The summed E-state index contributed by atoms with van der Waals surface area (Å²) in [5, 5.41) is 0. The molecule has 0 amide bonds. The molecular weight excluding hydrogens is 231 g/mol. The van der Waals surface area contributed by atoms with Crippen LogP contribution >= 0.6 is 0 Å². The molecule has 6 heteroatoms. The maximum atomic E-state index is 8.81. The Bertz CT molecular complexity index is 34.7. The third kappa shape index (κ3) is 35.9. The first-order valence-corrected chi connectivity index (χ1v) is 3.57. The topological polar surface area (TPSA) is 89.0 Å². The van der Waals surface area contributed by atoms with E-state index in [2.05, 4.69) is 0 Å². The van der Waals surface area contributed by atoms with E-state index in [1.54, 1.807) is 0 Å². The fourth-order valence-corrected chi connectivity index (χ4v) is 0. The average Bonchev–Trinajstić information content (AvgIpc) is 0.811. The molecule has 0 radical (unpaired) electrons. The molecule has 0 aromatic heterocycles. The van der Waals surface area contributed by atoms with Crippen LogP contribution in [0.15, 0.2) is 0 Å². The van der Waals surface area contributed by atoms with E-state index in [9.17, 15) is 0 Å². The van der Waals surface area contributed by atoms with E-state index in [0.717, 1.165) is 0 Å². The smallest absolute Gasteiger partial charge is 1.00 e. The van der Waals surface area contributed by atoms with Crippen LogP contribution in [-0.2, 0) is 3.10 Å². The second-order valence-electron chi connectivity index (χ2n) is 0.231. The molecule has 0 spiro atoms. The van der Waals surface area contributed by atoms with Crippen LogP contribution < -0.4 is 51.4 Å². The van der Waals surface area contributed by atoms with Crippen molar-refractivity contribution in [2.24, 2.45) is 0 Å². The maximum absolute atomic E-state index is 8.81. The Morgan fingerprint density at radius 3 is 1.50 bits per heavy atom.